The van der Waals surface area contributed by atoms with E-state index in [-0.39, 0.29) is 0 Å². The van der Waals surface area contributed by atoms with Gasteiger partial charge >= 0.3 is 0 Å². The molecule has 0 unspecified atom stereocenters. The van der Waals surface area contributed by atoms with Gasteiger partial charge in [-0.05, 0) is 37.2 Å². The van der Waals surface area contributed by atoms with Gasteiger partial charge in [0.2, 0.25) is 0 Å². The molecule has 18 heavy (non-hydrogen) atoms. The van der Waals surface area contributed by atoms with E-state index in [0.717, 1.165) is 47.5 Å². The predicted molar refractivity (Wildman–Crippen MR) is 74.8 cm³/mol. The summed E-state index contributed by atoms with van der Waals surface area (Å²) in [6, 6.07) is 5.94. The Hall–Kier alpha value is -1.33. The molecule has 0 aliphatic rings. The molecule has 0 bridgehead atoms. The Kier molecular flexibility index (Phi) is 4.38. The van der Waals surface area contributed by atoms with Crippen LogP contribution in [0.25, 0.3) is 11.0 Å². The third-order valence-corrected chi connectivity index (χ3v) is 3.29. The lowest BCUT2D eigenvalue weighted by Gasteiger charge is -2.05. The Morgan fingerprint density at radius 3 is 2.83 bits per heavy atom. The second kappa shape index (κ2) is 6.02. The Balaban J connectivity index is 2.24. The largest absolute Gasteiger partial charge is 0.497 e. The molecular formula is C13H18N2O2S. The maximum atomic E-state index is 5.35. The number of ether oxygens (including phenoxy) is 2. The van der Waals surface area contributed by atoms with Gasteiger partial charge in [0, 0.05) is 26.3 Å². The summed E-state index contributed by atoms with van der Waals surface area (Å²) in [6.45, 7) is 1.69. The highest BCUT2D eigenvalue weighted by Gasteiger charge is 2.05. The molecule has 0 aliphatic heterocycles. The van der Waals surface area contributed by atoms with E-state index in [2.05, 4.69) is 9.55 Å². The van der Waals surface area contributed by atoms with Crippen molar-refractivity contribution in [2.45, 2.75) is 19.4 Å². The molecule has 0 fully saturated rings. The molecule has 1 N–H and O–H groups in total. The summed E-state index contributed by atoms with van der Waals surface area (Å²) in [5.41, 5.74) is 2.14. The number of benzene rings is 1. The molecule has 2 aromatic rings. The van der Waals surface area contributed by atoms with E-state index in [1.165, 1.54) is 0 Å². The minimum atomic E-state index is 0.760. The highest BCUT2D eigenvalue weighted by atomic mass is 32.1. The number of H-pyrrole nitrogens is 1. The van der Waals surface area contributed by atoms with Crippen LogP contribution >= 0.6 is 12.2 Å². The summed E-state index contributed by atoms with van der Waals surface area (Å²) in [7, 11) is 3.40. The number of methoxy groups -OCH3 is 2. The van der Waals surface area contributed by atoms with Crippen LogP contribution in [0.3, 0.4) is 0 Å². The number of imidazole rings is 1. The zero-order valence-electron chi connectivity index (χ0n) is 10.7. The van der Waals surface area contributed by atoms with Crippen LogP contribution in [0.5, 0.6) is 5.75 Å². The van der Waals surface area contributed by atoms with Gasteiger partial charge in [0.25, 0.3) is 0 Å². The molecule has 4 nitrogen and oxygen atoms in total. The molecule has 1 heterocycles. The summed E-state index contributed by atoms with van der Waals surface area (Å²) in [5, 5.41) is 0. The zero-order chi connectivity index (χ0) is 13.0. The summed E-state index contributed by atoms with van der Waals surface area (Å²) in [6.07, 6.45) is 2.08. The van der Waals surface area contributed by atoms with Crippen molar-refractivity contribution in [2.24, 2.45) is 0 Å². The van der Waals surface area contributed by atoms with Crippen LogP contribution < -0.4 is 4.74 Å². The number of hydrogen-bond acceptors (Lipinski definition) is 3. The molecule has 0 saturated carbocycles. The number of aromatic amines is 1. The van der Waals surface area contributed by atoms with Crippen molar-refractivity contribution < 1.29 is 9.47 Å². The minimum absolute atomic E-state index is 0.760. The number of rotatable bonds is 6. The van der Waals surface area contributed by atoms with E-state index in [1.54, 1.807) is 14.2 Å². The molecule has 98 valence electrons. The average molecular weight is 266 g/mol. The van der Waals surface area contributed by atoms with E-state index in [4.69, 9.17) is 21.7 Å². The van der Waals surface area contributed by atoms with Crippen LogP contribution in [-0.2, 0) is 11.3 Å². The van der Waals surface area contributed by atoms with Crippen LogP contribution in [0.1, 0.15) is 12.8 Å². The molecule has 5 heteroatoms. The van der Waals surface area contributed by atoms with Gasteiger partial charge in [-0.3, -0.25) is 0 Å². The molecule has 0 amide bonds. The van der Waals surface area contributed by atoms with Crippen molar-refractivity contribution >= 4 is 23.3 Å². The molecular weight excluding hydrogens is 248 g/mol. The molecule has 2 rings (SSSR count). The molecule has 0 saturated heterocycles. The molecule has 0 atom stereocenters. The summed E-state index contributed by atoms with van der Waals surface area (Å²) in [5.74, 6) is 0.849. The van der Waals surface area contributed by atoms with Crippen molar-refractivity contribution in [3.63, 3.8) is 0 Å². The lowest BCUT2D eigenvalue weighted by atomic mass is 10.3. The fraction of sp³-hybridized carbons (Fsp3) is 0.462. The maximum Gasteiger partial charge on any atom is 0.178 e. The first-order chi connectivity index (χ1) is 8.76. The number of nitrogens with one attached hydrogen (secondary N) is 1. The predicted octanol–water partition coefficient (Wildman–Crippen LogP) is 3.13. The molecule has 1 aromatic carbocycles. The van der Waals surface area contributed by atoms with E-state index in [9.17, 15) is 0 Å². The van der Waals surface area contributed by atoms with Crippen LogP contribution in [-0.4, -0.2) is 30.4 Å². The van der Waals surface area contributed by atoms with Crippen LogP contribution in [0, 0.1) is 4.77 Å². The molecule has 0 spiro atoms. The monoisotopic (exact) mass is 266 g/mol. The first kappa shape index (κ1) is 13.1. The van der Waals surface area contributed by atoms with E-state index < -0.39 is 0 Å². The third-order valence-electron chi connectivity index (χ3n) is 2.96. The average Bonchev–Trinajstić information content (AvgIpc) is 2.70. The van der Waals surface area contributed by atoms with Crippen molar-refractivity contribution in [2.75, 3.05) is 20.8 Å². The van der Waals surface area contributed by atoms with Gasteiger partial charge in [-0.15, -0.1) is 0 Å². The fourth-order valence-corrected chi connectivity index (χ4v) is 2.30. The van der Waals surface area contributed by atoms with Gasteiger partial charge in [-0.25, -0.2) is 0 Å². The normalized spacial score (nSPS) is 11.0. The van der Waals surface area contributed by atoms with E-state index >= 15 is 0 Å². The zero-order valence-corrected chi connectivity index (χ0v) is 11.5. The lowest BCUT2D eigenvalue weighted by molar-refractivity contribution is 0.191. The summed E-state index contributed by atoms with van der Waals surface area (Å²) >= 11 is 5.35. The minimum Gasteiger partial charge on any atom is -0.497 e. The Bertz CT molecular complexity index is 574. The first-order valence-corrected chi connectivity index (χ1v) is 6.42. The SMILES string of the molecule is COCCCCn1c(=S)[nH]c2ccc(OC)cc21. The Labute approximate surface area is 112 Å². The smallest absolute Gasteiger partial charge is 0.178 e. The van der Waals surface area contributed by atoms with Crippen LogP contribution in [0.2, 0.25) is 0 Å². The van der Waals surface area contributed by atoms with Gasteiger partial charge in [-0.2, -0.15) is 0 Å². The van der Waals surface area contributed by atoms with E-state index in [0.29, 0.717) is 0 Å². The number of aromatic nitrogens is 2. The van der Waals surface area contributed by atoms with Crippen LogP contribution in [0.4, 0.5) is 0 Å². The van der Waals surface area contributed by atoms with Crippen LogP contribution in [0.15, 0.2) is 18.2 Å². The lowest BCUT2D eigenvalue weighted by Crippen LogP contribution is -2.00. The summed E-state index contributed by atoms with van der Waals surface area (Å²) in [4.78, 5) is 3.21. The van der Waals surface area contributed by atoms with Gasteiger partial charge in [0.05, 0.1) is 18.1 Å². The Morgan fingerprint density at radius 1 is 1.28 bits per heavy atom. The fourth-order valence-electron chi connectivity index (χ4n) is 2.00. The molecule has 0 radical (unpaired) electrons. The second-order valence-electron chi connectivity index (χ2n) is 4.16. The number of nitrogens with zero attached hydrogens (tertiary/aromatic N) is 1. The number of unbranched alkanes of at least 4 members (excludes halogenated alkanes) is 1. The number of aryl methyl sites for hydroxylation is 1. The van der Waals surface area contributed by atoms with Gasteiger partial charge < -0.3 is 19.0 Å². The topological polar surface area (TPSA) is 39.2 Å². The van der Waals surface area contributed by atoms with Crippen molar-refractivity contribution in [1.29, 1.82) is 0 Å². The third kappa shape index (κ3) is 2.73. The highest BCUT2D eigenvalue weighted by molar-refractivity contribution is 7.71. The maximum absolute atomic E-state index is 5.35. The van der Waals surface area contributed by atoms with Crippen molar-refractivity contribution in [3.05, 3.63) is 23.0 Å². The van der Waals surface area contributed by atoms with Gasteiger partial charge in [0.1, 0.15) is 5.75 Å². The van der Waals surface area contributed by atoms with Crippen molar-refractivity contribution in [3.8, 4) is 5.75 Å². The first-order valence-electron chi connectivity index (χ1n) is 6.01. The van der Waals surface area contributed by atoms with Gasteiger partial charge in [-0.1, -0.05) is 0 Å². The quantitative estimate of drug-likeness (QED) is 0.645. The van der Waals surface area contributed by atoms with E-state index in [1.807, 2.05) is 18.2 Å². The Morgan fingerprint density at radius 2 is 2.11 bits per heavy atom. The number of fused-ring (bicyclic) bond motifs is 1. The van der Waals surface area contributed by atoms with Gasteiger partial charge in [0.15, 0.2) is 4.77 Å². The highest BCUT2D eigenvalue weighted by Crippen LogP contribution is 2.21. The van der Waals surface area contributed by atoms with Crippen molar-refractivity contribution in [1.82, 2.24) is 9.55 Å². The summed E-state index contributed by atoms with van der Waals surface area (Å²) < 4.78 is 13.2. The standard InChI is InChI=1S/C13H18N2O2S/c1-16-8-4-3-7-15-12-9-10(17-2)5-6-11(12)14-13(15)18/h5-6,9H,3-4,7-8H2,1-2H3,(H,14,18). The number of hydrogen-bond donors (Lipinski definition) is 1. The molecule has 0 aliphatic carbocycles. The molecule has 1 aromatic heterocycles. The second-order valence-corrected chi connectivity index (χ2v) is 4.55.